The van der Waals surface area contributed by atoms with Gasteiger partial charge in [0.2, 0.25) is 6.10 Å². The molecule has 26 heavy (non-hydrogen) atoms. The summed E-state index contributed by atoms with van der Waals surface area (Å²) in [5, 5.41) is 15.6. The van der Waals surface area contributed by atoms with Crippen LogP contribution in [0.3, 0.4) is 0 Å². The first kappa shape index (κ1) is 17.3. The number of anilines is 1. The van der Waals surface area contributed by atoms with Crippen LogP contribution in [0, 0.1) is 11.3 Å². The molecule has 2 aromatic rings. The zero-order valence-corrected chi connectivity index (χ0v) is 14.4. The van der Waals surface area contributed by atoms with Gasteiger partial charge in [0.1, 0.15) is 11.5 Å². The molecule has 1 aliphatic heterocycles. The highest BCUT2D eigenvalue weighted by molar-refractivity contribution is 6.07. The predicted molar refractivity (Wildman–Crippen MR) is 95.4 cm³/mol. The zero-order valence-electron chi connectivity index (χ0n) is 14.4. The number of benzene rings is 2. The lowest BCUT2D eigenvalue weighted by Crippen LogP contribution is -2.28. The minimum Gasteiger partial charge on any atom is -0.497 e. The molecule has 0 spiro atoms. The molecule has 0 fully saturated rings. The van der Waals surface area contributed by atoms with Crippen LogP contribution >= 0.6 is 0 Å². The highest BCUT2D eigenvalue weighted by Gasteiger charge is 2.30. The normalized spacial score (nSPS) is 15.4. The first-order chi connectivity index (χ1) is 12.6. The number of ether oxygens (including phenoxy) is 2. The van der Waals surface area contributed by atoms with Crippen molar-refractivity contribution in [2.75, 3.05) is 19.5 Å². The number of amides is 1. The molecule has 0 aliphatic carbocycles. The fourth-order valence-corrected chi connectivity index (χ4v) is 2.57. The maximum Gasteiger partial charge on any atom is 0.268 e. The molecule has 0 aromatic heterocycles. The Kier molecular flexibility index (Phi) is 5.04. The average molecular weight is 351 g/mol. The van der Waals surface area contributed by atoms with E-state index in [1.807, 2.05) is 6.07 Å². The average Bonchev–Trinajstić information content (AvgIpc) is 3.18. The van der Waals surface area contributed by atoms with E-state index in [4.69, 9.17) is 19.6 Å². The molecule has 1 aliphatic rings. The second-order valence-electron chi connectivity index (χ2n) is 5.58. The van der Waals surface area contributed by atoms with Gasteiger partial charge in [-0.15, -0.1) is 0 Å². The Hall–Kier alpha value is -3.53. The van der Waals surface area contributed by atoms with Gasteiger partial charge in [-0.2, -0.15) is 5.26 Å². The topological polar surface area (TPSA) is 92.9 Å². The van der Waals surface area contributed by atoms with Crippen molar-refractivity contribution >= 4 is 17.3 Å². The van der Waals surface area contributed by atoms with Crippen LogP contribution < -0.4 is 14.8 Å². The molecule has 7 heteroatoms. The molecule has 1 heterocycles. The highest BCUT2D eigenvalue weighted by atomic mass is 16.6. The predicted octanol–water partition coefficient (Wildman–Crippen LogP) is 2.71. The number of oxime groups is 1. The van der Waals surface area contributed by atoms with Crippen molar-refractivity contribution in [1.29, 1.82) is 5.26 Å². The van der Waals surface area contributed by atoms with Gasteiger partial charge in [-0.25, -0.2) is 0 Å². The molecule has 1 N–H and O–H groups in total. The monoisotopic (exact) mass is 351 g/mol. The number of methoxy groups -OCH3 is 2. The summed E-state index contributed by atoms with van der Waals surface area (Å²) in [5.41, 5.74) is 2.45. The van der Waals surface area contributed by atoms with E-state index in [1.54, 1.807) is 56.7 Å². The molecule has 0 saturated heterocycles. The van der Waals surface area contributed by atoms with Gasteiger partial charge in [0, 0.05) is 17.7 Å². The number of carbonyl (C=O) groups excluding carboxylic acids is 1. The summed E-state index contributed by atoms with van der Waals surface area (Å²) in [6.07, 6.45) is -0.428. The largest absolute Gasteiger partial charge is 0.497 e. The molecule has 2 aromatic carbocycles. The summed E-state index contributed by atoms with van der Waals surface area (Å²) in [4.78, 5) is 17.7. The van der Waals surface area contributed by atoms with Crippen LogP contribution in [-0.2, 0) is 9.63 Å². The number of hydrogen-bond acceptors (Lipinski definition) is 6. The van der Waals surface area contributed by atoms with E-state index in [1.165, 1.54) is 0 Å². The van der Waals surface area contributed by atoms with Crippen LogP contribution in [0.4, 0.5) is 5.69 Å². The van der Waals surface area contributed by atoms with Crippen molar-refractivity contribution in [2.24, 2.45) is 5.16 Å². The van der Waals surface area contributed by atoms with Gasteiger partial charge < -0.3 is 19.6 Å². The van der Waals surface area contributed by atoms with Gasteiger partial charge in [0.25, 0.3) is 5.91 Å². The van der Waals surface area contributed by atoms with Crippen LogP contribution in [0.5, 0.6) is 11.5 Å². The second kappa shape index (κ2) is 7.57. The summed E-state index contributed by atoms with van der Waals surface area (Å²) in [6.45, 7) is 0. The molecule has 0 saturated carbocycles. The highest BCUT2D eigenvalue weighted by Crippen LogP contribution is 2.29. The van der Waals surface area contributed by atoms with Crippen molar-refractivity contribution in [1.82, 2.24) is 0 Å². The Morgan fingerprint density at radius 3 is 2.65 bits per heavy atom. The van der Waals surface area contributed by atoms with Crippen molar-refractivity contribution in [2.45, 2.75) is 12.5 Å². The van der Waals surface area contributed by atoms with Crippen molar-refractivity contribution < 1.29 is 19.1 Å². The van der Waals surface area contributed by atoms with E-state index in [0.717, 1.165) is 5.56 Å². The van der Waals surface area contributed by atoms with Gasteiger partial charge in [-0.1, -0.05) is 5.16 Å². The van der Waals surface area contributed by atoms with E-state index in [0.29, 0.717) is 34.9 Å². The molecular formula is C19H17N3O4. The number of nitrogens with one attached hydrogen (secondary N) is 1. The van der Waals surface area contributed by atoms with Gasteiger partial charge in [-0.05, 0) is 42.5 Å². The van der Waals surface area contributed by atoms with Crippen LogP contribution in [-0.4, -0.2) is 31.9 Å². The van der Waals surface area contributed by atoms with E-state index in [-0.39, 0.29) is 5.91 Å². The maximum atomic E-state index is 12.4. The number of hydrogen-bond donors (Lipinski definition) is 1. The number of nitriles is 1. The molecule has 3 rings (SSSR count). The molecule has 1 amide bonds. The molecule has 1 atom stereocenters. The Bertz CT molecular complexity index is 885. The Morgan fingerprint density at radius 2 is 2.00 bits per heavy atom. The third-order valence-corrected chi connectivity index (χ3v) is 3.96. The lowest BCUT2D eigenvalue weighted by molar-refractivity contribution is -0.125. The zero-order chi connectivity index (χ0) is 18.5. The smallest absolute Gasteiger partial charge is 0.268 e. The van der Waals surface area contributed by atoms with Gasteiger partial charge in [0.05, 0.1) is 31.6 Å². The fraction of sp³-hybridized carbons (Fsp3) is 0.211. The lowest BCUT2D eigenvalue weighted by atomic mass is 10.0. The quantitative estimate of drug-likeness (QED) is 0.894. The summed E-state index contributed by atoms with van der Waals surface area (Å²) in [6, 6.07) is 14.0. The van der Waals surface area contributed by atoms with E-state index < -0.39 is 6.10 Å². The van der Waals surface area contributed by atoms with E-state index in [9.17, 15) is 4.79 Å². The molecule has 0 bridgehead atoms. The summed E-state index contributed by atoms with van der Waals surface area (Å²) >= 11 is 0. The molecule has 7 nitrogen and oxygen atoms in total. The van der Waals surface area contributed by atoms with E-state index >= 15 is 0 Å². The van der Waals surface area contributed by atoms with Crippen LogP contribution in [0.25, 0.3) is 0 Å². The number of rotatable bonds is 5. The molecular weight excluding hydrogens is 334 g/mol. The third kappa shape index (κ3) is 3.59. The summed E-state index contributed by atoms with van der Waals surface area (Å²) < 4.78 is 10.6. The molecule has 132 valence electrons. The van der Waals surface area contributed by atoms with Crippen LogP contribution in [0.2, 0.25) is 0 Å². The third-order valence-electron chi connectivity index (χ3n) is 3.96. The van der Waals surface area contributed by atoms with Gasteiger partial charge >= 0.3 is 0 Å². The lowest BCUT2D eigenvalue weighted by Gasteiger charge is -2.11. The van der Waals surface area contributed by atoms with Gasteiger partial charge in [-0.3, -0.25) is 4.79 Å². The van der Waals surface area contributed by atoms with Crippen molar-refractivity contribution in [3.05, 3.63) is 53.6 Å². The molecule has 1 unspecified atom stereocenters. The second-order valence-corrected chi connectivity index (χ2v) is 5.58. The standard InChI is InChI=1S/C19H17N3O4/c1-24-14-7-8-17(25-2)15(9-14)16-10-18(26-22-16)19(23)21-13-5-3-12(11-20)4-6-13/h3-9,18H,10H2,1-2H3,(H,21,23). The Labute approximate surface area is 150 Å². The van der Waals surface area contributed by atoms with Crippen molar-refractivity contribution in [3.8, 4) is 17.6 Å². The number of carbonyl (C=O) groups is 1. The SMILES string of the molecule is COc1ccc(OC)c(C2=NOC(C(=O)Nc3ccc(C#N)cc3)C2)c1. The number of nitrogens with zero attached hydrogens (tertiary/aromatic N) is 2. The fourth-order valence-electron chi connectivity index (χ4n) is 2.57. The van der Waals surface area contributed by atoms with Gasteiger partial charge in [0.15, 0.2) is 0 Å². The Morgan fingerprint density at radius 1 is 1.23 bits per heavy atom. The first-order valence-electron chi connectivity index (χ1n) is 7.90. The van der Waals surface area contributed by atoms with E-state index in [2.05, 4.69) is 10.5 Å². The van der Waals surface area contributed by atoms with Crippen molar-refractivity contribution in [3.63, 3.8) is 0 Å². The first-order valence-corrected chi connectivity index (χ1v) is 7.90. The Balaban J connectivity index is 1.69. The molecule has 0 radical (unpaired) electrons. The minimum absolute atomic E-state index is 0.310. The minimum atomic E-state index is -0.739. The summed E-state index contributed by atoms with van der Waals surface area (Å²) in [7, 11) is 3.14. The van der Waals surface area contributed by atoms with Crippen LogP contribution in [0.15, 0.2) is 47.6 Å². The summed E-state index contributed by atoms with van der Waals surface area (Å²) in [5.74, 6) is 0.977. The van der Waals surface area contributed by atoms with Crippen LogP contribution in [0.1, 0.15) is 17.5 Å². The maximum absolute atomic E-state index is 12.4.